The van der Waals surface area contributed by atoms with Gasteiger partial charge in [0.05, 0.1) is 18.3 Å². The Morgan fingerprint density at radius 2 is 1.77 bits per heavy atom. The van der Waals surface area contributed by atoms with Crippen LogP contribution >= 0.6 is 0 Å². The Labute approximate surface area is 150 Å². The minimum Gasteiger partial charge on any atom is -0.495 e. The third-order valence-corrected chi connectivity index (χ3v) is 4.07. The summed E-state index contributed by atoms with van der Waals surface area (Å²) in [5.41, 5.74) is 9.50. The van der Waals surface area contributed by atoms with Gasteiger partial charge in [0.15, 0.2) is 0 Å². The maximum atomic E-state index is 6.17. The second-order valence-corrected chi connectivity index (χ2v) is 5.73. The van der Waals surface area contributed by atoms with Crippen molar-refractivity contribution in [3.63, 3.8) is 0 Å². The van der Waals surface area contributed by atoms with Crippen molar-refractivity contribution in [1.82, 2.24) is 15.0 Å². The van der Waals surface area contributed by atoms with Crippen LogP contribution in [0, 0.1) is 0 Å². The zero-order chi connectivity index (χ0) is 17.9. The quantitative estimate of drug-likeness (QED) is 0.582. The van der Waals surface area contributed by atoms with Crippen LogP contribution in [0.1, 0.15) is 0 Å². The SMILES string of the molecule is COc1ccccc1Nc1ncc(-c2cnc3ccccc3c2)c(N)n1. The number of para-hydroxylation sites is 3. The van der Waals surface area contributed by atoms with E-state index in [0.29, 0.717) is 17.5 Å². The largest absolute Gasteiger partial charge is 0.495 e. The summed E-state index contributed by atoms with van der Waals surface area (Å²) in [6, 6.07) is 17.5. The lowest BCUT2D eigenvalue weighted by Gasteiger charge is -2.11. The predicted molar refractivity (Wildman–Crippen MR) is 103 cm³/mol. The Bertz CT molecular complexity index is 1080. The number of rotatable bonds is 4. The number of methoxy groups -OCH3 is 1. The molecule has 6 heteroatoms. The highest BCUT2D eigenvalue weighted by atomic mass is 16.5. The number of ether oxygens (including phenoxy) is 1. The molecule has 0 bridgehead atoms. The van der Waals surface area contributed by atoms with E-state index in [-0.39, 0.29) is 0 Å². The molecule has 0 amide bonds. The summed E-state index contributed by atoms with van der Waals surface area (Å²) in [5, 5.41) is 4.17. The Kier molecular flexibility index (Phi) is 4.07. The van der Waals surface area contributed by atoms with Crippen molar-refractivity contribution in [1.29, 1.82) is 0 Å². The zero-order valence-corrected chi connectivity index (χ0v) is 14.2. The Morgan fingerprint density at radius 1 is 0.962 bits per heavy atom. The fourth-order valence-corrected chi connectivity index (χ4v) is 2.76. The van der Waals surface area contributed by atoms with Gasteiger partial charge in [-0.25, -0.2) is 4.98 Å². The van der Waals surface area contributed by atoms with Crippen molar-refractivity contribution in [3.05, 3.63) is 67.0 Å². The van der Waals surface area contributed by atoms with Crippen LogP contribution in [0.15, 0.2) is 67.0 Å². The van der Waals surface area contributed by atoms with E-state index in [1.54, 1.807) is 19.5 Å². The summed E-state index contributed by atoms with van der Waals surface area (Å²) < 4.78 is 5.32. The number of aromatic nitrogens is 3. The second-order valence-electron chi connectivity index (χ2n) is 5.73. The molecular formula is C20H17N5O. The van der Waals surface area contributed by atoms with Gasteiger partial charge in [-0.1, -0.05) is 30.3 Å². The Balaban J connectivity index is 1.67. The molecule has 0 atom stereocenters. The number of nitrogens with two attached hydrogens (primary N) is 1. The highest BCUT2D eigenvalue weighted by Crippen LogP contribution is 2.29. The molecule has 128 valence electrons. The van der Waals surface area contributed by atoms with Crippen LogP contribution in [0.4, 0.5) is 17.5 Å². The van der Waals surface area contributed by atoms with Crippen LogP contribution in [-0.2, 0) is 0 Å². The molecule has 2 aromatic heterocycles. The van der Waals surface area contributed by atoms with Gasteiger partial charge in [0.1, 0.15) is 11.6 Å². The molecule has 2 aromatic carbocycles. The Morgan fingerprint density at radius 3 is 2.62 bits per heavy atom. The molecule has 0 saturated heterocycles. The van der Waals surface area contributed by atoms with Gasteiger partial charge in [-0.05, 0) is 24.3 Å². The number of nitrogens with zero attached hydrogens (tertiary/aromatic N) is 3. The van der Waals surface area contributed by atoms with Crippen molar-refractivity contribution in [3.8, 4) is 16.9 Å². The number of hydrogen-bond acceptors (Lipinski definition) is 6. The van der Waals surface area contributed by atoms with Gasteiger partial charge in [0.25, 0.3) is 0 Å². The van der Waals surface area contributed by atoms with E-state index in [2.05, 4.69) is 20.3 Å². The molecule has 26 heavy (non-hydrogen) atoms. The first-order valence-electron chi connectivity index (χ1n) is 8.12. The van der Waals surface area contributed by atoms with Crippen molar-refractivity contribution < 1.29 is 4.74 Å². The average Bonchev–Trinajstić information content (AvgIpc) is 2.68. The molecule has 0 unspecified atom stereocenters. The fourth-order valence-electron chi connectivity index (χ4n) is 2.76. The van der Waals surface area contributed by atoms with E-state index in [1.807, 2.05) is 54.6 Å². The summed E-state index contributed by atoms with van der Waals surface area (Å²) >= 11 is 0. The molecule has 0 aliphatic carbocycles. The predicted octanol–water partition coefficient (Wildman–Crippen LogP) is 4.03. The standard InChI is InChI=1S/C20H17N5O/c1-26-18-9-5-4-8-17(18)24-20-23-12-15(19(21)25-20)14-10-13-6-2-3-7-16(13)22-11-14/h2-12H,1H3,(H3,21,23,24,25). The highest BCUT2D eigenvalue weighted by molar-refractivity contribution is 5.85. The second kappa shape index (κ2) is 6.68. The maximum Gasteiger partial charge on any atom is 0.229 e. The smallest absolute Gasteiger partial charge is 0.229 e. The topological polar surface area (TPSA) is 86.0 Å². The lowest BCUT2D eigenvalue weighted by atomic mass is 10.1. The van der Waals surface area contributed by atoms with Crippen molar-refractivity contribution in [2.45, 2.75) is 0 Å². The van der Waals surface area contributed by atoms with Gasteiger partial charge < -0.3 is 15.8 Å². The maximum absolute atomic E-state index is 6.17. The summed E-state index contributed by atoms with van der Waals surface area (Å²) in [7, 11) is 1.62. The van der Waals surface area contributed by atoms with Crippen molar-refractivity contribution >= 4 is 28.4 Å². The molecule has 6 nitrogen and oxygen atoms in total. The number of pyridine rings is 1. The first-order chi connectivity index (χ1) is 12.7. The third kappa shape index (κ3) is 3.00. The van der Waals surface area contributed by atoms with Crippen LogP contribution in [0.2, 0.25) is 0 Å². The molecule has 4 rings (SSSR count). The van der Waals surface area contributed by atoms with E-state index in [9.17, 15) is 0 Å². The first kappa shape index (κ1) is 15.8. The van der Waals surface area contributed by atoms with Gasteiger partial charge in [0, 0.05) is 28.9 Å². The molecule has 0 spiro atoms. The average molecular weight is 343 g/mol. The monoisotopic (exact) mass is 343 g/mol. The molecule has 2 heterocycles. The van der Waals surface area contributed by atoms with Crippen LogP contribution < -0.4 is 15.8 Å². The highest BCUT2D eigenvalue weighted by Gasteiger charge is 2.10. The van der Waals surface area contributed by atoms with Crippen LogP contribution in [-0.4, -0.2) is 22.1 Å². The van der Waals surface area contributed by atoms with Crippen LogP contribution in [0.3, 0.4) is 0 Å². The molecule has 0 saturated carbocycles. The molecule has 4 aromatic rings. The van der Waals surface area contributed by atoms with E-state index in [1.165, 1.54) is 0 Å². The van der Waals surface area contributed by atoms with Crippen LogP contribution in [0.5, 0.6) is 5.75 Å². The lowest BCUT2D eigenvalue weighted by Crippen LogP contribution is -2.03. The normalized spacial score (nSPS) is 10.7. The molecular weight excluding hydrogens is 326 g/mol. The van der Waals surface area contributed by atoms with E-state index in [0.717, 1.165) is 27.7 Å². The minimum absolute atomic E-state index is 0.384. The minimum atomic E-state index is 0.384. The number of fused-ring (bicyclic) bond motifs is 1. The molecule has 0 radical (unpaired) electrons. The summed E-state index contributed by atoms with van der Waals surface area (Å²) in [6.45, 7) is 0. The van der Waals surface area contributed by atoms with Gasteiger partial charge in [-0.3, -0.25) is 4.98 Å². The number of benzene rings is 2. The molecule has 0 fully saturated rings. The van der Waals surface area contributed by atoms with E-state index in [4.69, 9.17) is 10.5 Å². The number of hydrogen-bond donors (Lipinski definition) is 2. The lowest BCUT2D eigenvalue weighted by molar-refractivity contribution is 0.417. The summed E-state index contributed by atoms with van der Waals surface area (Å²) in [6.07, 6.45) is 3.48. The summed E-state index contributed by atoms with van der Waals surface area (Å²) in [4.78, 5) is 13.2. The van der Waals surface area contributed by atoms with E-state index >= 15 is 0 Å². The van der Waals surface area contributed by atoms with Gasteiger partial charge in [-0.2, -0.15) is 4.98 Å². The number of nitrogens with one attached hydrogen (secondary N) is 1. The van der Waals surface area contributed by atoms with Crippen molar-refractivity contribution in [2.75, 3.05) is 18.2 Å². The molecule has 3 N–H and O–H groups in total. The fraction of sp³-hybridized carbons (Fsp3) is 0.0500. The molecule has 0 aliphatic heterocycles. The Hall–Kier alpha value is -3.67. The van der Waals surface area contributed by atoms with Gasteiger partial charge in [0.2, 0.25) is 5.95 Å². The van der Waals surface area contributed by atoms with E-state index < -0.39 is 0 Å². The first-order valence-corrected chi connectivity index (χ1v) is 8.12. The summed E-state index contributed by atoms with van der Waals surface area (Å²) in [5.74, 6) is 1.50. The molecule has 0 aliphatic rings. The number of anilines is 3. The van der Waals surface area contributed by atoms with Crippen LogP contribution in [0.25, 0.3) is 22.0 Å². The van der Waals surface area contributed by atoms with Crippen molar-refractivity contribution in [2.24, 2.45) is 0 Å². The zero-order valence-electron chi connectivity index (χ0n) is 14.2. The van der Waals surface area contributed by atoms with Gasteiger partial charge >= 0.3 is 0 Å². The third-order valence-electron chi connectivity index (χ3n) is 4.07. The van der Waals surface area contributed by atoms with Gasteiger partial charge in [-0.15, -0.1) is 0 Å². The number of nitrogen functional groups attached to an aromatic ring is 1.